The summed E-state index contributed by atoms with van der Waals surface area (Å²) >= 11 is 11.8. The van der Waals surface area contributed by atoms with E-state index in [1.807, 2.05) is 0 Å². The Morgan fingerprint density at radius 3 is 2.84 bits per heavy atom. The molecule has 3 N–H and O–H groups in total. The molecule has 0 saturated heterocycles. The SMILES string of the molecule is Cc1nc(CNC(=O)c2cc(N)cc(Cl)c2Cl)no1. The number of aryl methyl sites for hydroxylation is 1. The number of amides is 1. The van der Waals surface area contributed by atoms with Gasteiger partial charge >= 0.3 is 0 Å². The number of benzene rings is 1. The molecule has 0 saturated carbocycles. The summed E-state index contributed by atoms with van der Waals surface area (Å²) in [6, 6.07) is 2.92. The van der Waals surface area contributed by atoms with Gasteiger partial charge in [0.1, 0.15) is 0 Å². The first kappa shape index (κ1) is 13.6. The van der Waals surface area contributed by atoms with E-state index in [2.05, 4.69) is 15.5 Å². The average Bonchev–Trinajstić information content (AvgIpc) is 2.76. The van der Waals surface area contributed by atoms with E-state index in [1.165, 1.54) is 12.1 Å². The summed E-state index contributed by atoms with van der Waals surface area (Å²) in [5.74, 6) is 0.382. The minimum absolute atomic E-state index is 0.124. The zero-order valence-electron chi connectivity index (χ0n) is 9.91. The molecule has 100 valence electrons. The van der Waals surface area contributed by atoms with Crippen LogP contribution in [0.3, 0.4) is 0 Å². The van der Waals surface area contributed by atoms with E-state index < -0.39 is 5.91 Å². The summed E-state index contributed by atoms with van der Waals surface area (Å²) in [4.78, 5) is 15.9. The van der Waals surface area contributed by atoms with Gasteiger partial charge in [0.15, 0.2) is 5.82 Å². The molecule has 0 unspecified atom stereocenters. The highest BCUT2D eigenvalue weighted by molar-refractivity contribution is 6.44. The van der Waals surface area contributed by atoms with Crippen molar-refractivity contribution in [2.45, 2.75) is 13.5 Å². The van der Waals surface area contributed by atoms with Crippen molar-refractivity contribution in [1.82, 2.24) is 15.5 Å². The molecule has 0 aliphatic rings. The Kier molecular flexibility index (Phi) is 3.92. The second kappa shape index (κ2) is 5.46. The van der Waals surface area contributed by atoms with Crippen LogP contribution in [0.2, 0.25) is 10.0 Å². The summed E-state index contributed by atoms with van der Waals surface area (Å²) in [7, 11) is 0. The quantitative estimate of drug-likeness (QED) is 0.847. The van der Waals surface area contributed by atoms with Crippen LogP contribution in [0, 0.1) is 6.92 Å². The fraction of sp³-hybridized carbons (Fsp3) is 0.182. The molecule has 6 nitrogen and oxygen atoms in total. The molecule has 2 rings (SSSR count). The number of nitrogens with zero attached hydrogens (tertiary/aromatic N) is 2. The molecule has 1 aromatic carbocycles. The largest absolute Gasteiger partial charge is 0.399 e. The van der Waals surface area contributed by atoms with Gasteiger partial charge in [-0.25, -0.2) is 0 Å². The van der Waals surface area contributed by atoms with Gasteiger partial charge in [-0.1, -0.05) is 28.4 Å². The van der Waals surface area contributed by atoms with Crippen molar-refractivity contribution in [2.75, 3.05) is 5.73 Å². The van der Waals surface area contributed by atoms with Crippen LogP contribution in [-0.2, 0) is 6.54 Å². The van der Waals surface area contributed by atoms with E-state index in [1.54, 1.807) is 6.92 Å². The van der Waals surface area contributed by atoms with Crippen molar-refractivity contribution >= 4 is 34.8 Å². The number of nitrogens with one attached hydrogen (secondary N) is 1. The number of carbonyl (C=O) groups is 1. The van der Waals surface area contributed by atoms with E-state index in [4.69, 9.17) is 33.5 Å². The predicted octanol–water partition coefficient (Wildman–Crippen LogP) is 2.20. The molecule has 0 bridgehead atoms. The fourth-order valence-corrected chi connectivity index (χ4v) is 1.87. The third kappa shape index (κ3) is 3.15. The Bertz CT molecular complexity index is 627. The van der Waals surface area contributed by atoms with Gasteiger partial charge in [0.2, 0.25) is 5.89 Å². The third-order valence-corrected chi connectivity index (χ3v) is 3.07. The molecule has 0 fully saturated rings. The molecule has 0 radical (unpaired) electrons. The lowest BCUT2D eigenvalue weighted by molar-refractivity contribution is 0.0950. The molecule has 1 heterocycles. The number of rotatable bonds is 3. The van der Waals surface area contributed by atoms with Crippen molar-refractivity contribution in [2.24, 2.45) is 0 Å². The summed E-state index contributed by atoms with van der Waals surface area (Å²) in [6.07, 6.45) is 0. The Balaban J connectivity index is 2.12. The zero-order chi connectivity index (χ0) is 14.0. The normalized spacial score (nSPS) is 10.5. The molecule has 1 amide bonds. The lowest BCUT2D eigenvalue weighted by Gasteiger charge is -2.07. The van der Waals surface area contributed by atoms with Crippen LogP contribution in [0.5, 0.6) is 0 Å². The van der Waals surface area contributed by atoms with E-state index in [0.717, 1.165) is 0 Å². The number of nitrogen functional groups attached to an aromatic ring is 1. The molecular formula is C11H10Cl2N4O2. The number of halogens is 2. The van der Waals surface area contributed by atoms with Gasteiger partial charge in [0, 0.05) is 12.6 Å². The number of hydrogen-bond donors (Lipinski definition) is 2. The number of aromatic nitrogens is 2. The number of nitrogens with two attached hydrogens (primary N) is 1. The highest BCUT2D eigenvalue weighted by atomic mass is 35.5. The highest BCUT2D eigenvalue weighted by Gasteiger charge is 2.14. The highest BCUT2D eigenvalue weighted by Crippen LogP contribution is 2.28. The average molecular weight is 301 g/mol. The second-order valence-corrected chi connectivity index (χ2v) is 4.56. The molecule has 8 heteroatoms. The van der Waals surface area contributed by atoms with Crippen molar-refractivity contribution < 1.29 is 9.32 Å². The van der Waals surface area contributed by atoms with E-state index in [9.17, 15) is 4.79 Å². The topological polar surface area (TPSA) is 94.0 Å². The van der Waals surface area contributed by atoms with Gasteiger partial charge < -0.3 is 15.6 Å². The first-order valence-corrected chi connectivity index (χ1v) is 6.05. The van der Waals surface area contributed by atoms with Crippen LogP contribution < -0.4 is 11.1 Å². The predicted molar refractivity (Wildman–Crippen MR) is 71.1 cm³/mol. The van der Waals surface area contributed by atoms with Crippen LogP contribution in [0.15, 0.2) is 16.7 Å². The summed E-state index contributed by atoms with van der Waals surface area (Å²) in [5.41, 5.74) is 6.17. The van der Waals surface area contributed by atoms with Gasteiger partial charge in [-0.05, 0) is 12.1 Å². The van der Waals surface area contributed by atoms with Crippen molar-refractivity contribution in [3.8, 4) is 0 Å². The molecule has 0 aliphatic carbocycles. The maximum absolute atomic E-state index is 12.0. The molecular weight excluding hydrogens is 291 g/mol. The molecule has 1 aromatic heterocycles. The first-order chi connectivity index (χ1) is 8.97. The second-order valence-electron chi connectivity index (χ2n) is 3.78. The first-order valence-electron chi connectivity index (χ1n) is 5.29. The third-order valence-electron chi connectivity index (χ3n) is 2.27. The van der Waals surface area contributed by atoms with E-state index in [-0.39, 0.29) is 22.2 Å². The standard InChI is InChI=1S/C11H10Cl2N4O2/c1-5-16-9(17-19-5)4-15-11(18)7-2-6(14)3-8(12)10(7)13/h2-3H,4,14H2,1H3,(H,15,18). The number of anilines is 1. The van der Waals surface area contributed by atoms with Crippen LogP contribution in [0.25, 0.3) is 0 Å². The smallest absolute Gasteiger partial charge is 0.253 e. The Labute approximate surface area is 118 Å². The monoisotopic (exact) mass is 300 g/mol. The van der Waals surface area contributed by atoms with Crippen molar-refractivity contribution in [1.29, 1.82) is 0 Å². The summed E-state index contributed by atoms with van der Waals surface area (Å²) < 4.78 is 4.78. The van der Waals surface area contributed by atoms with Crippen molar-refractivity contribution in [3.05, 3.63) is 39.5 Å². The molecule has 2 aromatic rings. The van der Waals surface area contributed by atoms with Crippen molar-refractivity contribution in [3.63, 3.8) is 0 Å². The number of hydrogen-bond acceptors (Lipinski definition) is 5. The lowest BCUT2D eigenvalue weighted by Crippen LogP contribution is -2.24. The fourth-order valence-electron chi connectivity index (χ4n) is 1.44. The Hall–Kier alpha value is -1.79. The van der Waals surface area contributed by atoms with Gasteiger partial charge in [0.05, 0.1) is 22.2 Å². The van der Waals surface area contributed by atoms with Gasteiger partial charge in [0.25, 0.3) is 5.91 Å². The molecule has 0 atom stereocenters. The minimum Gasteiger partial charge on any atom is -0.399 e. The summed E-state index contributed by atoms with van der Waals surface area (Å²) in [6.45, 7) is 1.78. The Morgan fingerprint density at radius 1 is 1.47 bits per heavy atom. The molecule has 19 heavy (non-hydrogen) atoms. The maximum atomic E-state index is 12.0. The minimum atomic E-state index is -0.415. The summed E-state index contributed by atoms with van der Waals surface area (Å²) in [5, 5.41) is 6.63. The Morgan fingerprint density at radius 2 is 2.21 bits per heavy atom. The zero-order valence-corrected chi connectivity index (χ0v) is 11.4. The molecule has 0 aliphatic heterocycles. The van der Waals surface area contributed by atoms with Gasteiger partial charge in [-0.2, -0.15) is 4.98 Å². The van der Waals surface area contributed by atoms with E-state index >= 15 is 0 Å². The number of carbonyl (C=O) groups excluding carboxylic acids is 1. The van der Waals surface area contributed by atoms with E-state index in [0.29, 0.717) is 17.4 Å². The maximum Gasteiger partial charge on any atom is 0.253 e. The van der Waals surface area contributed by atoms with Crippen LogP contribution >= 0.6 is 23.2 Å². The van der Waals surface area contributed by atoms with Crippen LogP contribution in [0.4, 0.5) is 5.69 Å². The molecule has 0 spiro atoms. The van der Waals surface area contributed by atoms with Crippen LogP contribution in [-0.4, -0.2) is 16.0 Å². The van der Waals surface area contributed by atoms with Gasteiger partial charge in [-0.15, -0.1) is 0 Å². The lowest BCUT2D eigenvalue weighted by atomic mass is 10.2. The van der Waals surface area contributed by atoms with Gasteiger partial charge in [-0.3, -0.25) is 4.79 Å². The van der Waals surface area contributed by atoms with Crippen LogP contribution in [0.1, 0.15) is 22.1 Å².